The third-order valence-electron chi connectivity index (χ3n) is 4.34. The van der Waals surface area contributed by atoms with Crippen LogP contribution in [0.3, 0.4) is 0 Å². The summed E-state index contributed by atoms with van der Waals surface area (Å²) in [5, 5.41) is 7.05. The van der Waals surface area contributed by atoms with E-state index in [1.54, 1.807) is 24.5 Å². The van der Waals surface area contributed by atoms with Gasteiger partial charge in [0.25, 0.3) is 0 Å². The van der Waals surface area contributed by atoms with Gasteiger partial charge in [-0.1, -0.05) is 12.1 Å². The zero-order valence-electron chi connectivity index (χ0n) is 14.7. The summed E-state index contributed by atoms with van der Waals surface area (Å²) in [7, 11) is 1.81. The van der Waals surface area contributed by atoms with Gasteiger partial charge in [0.1, 0.15) is 23.6 Å². The minimum atomic E-state index is -0.494. The lowest BCUT2D eigenvalue weighted by atomic mass is 10.1. The standard InChI is InChI=1S/C19H18FN7/c1-21-18-13(3-2-6-23-18)8-24-16-5-4-12(17(20)27-16)7-14-9-25-19-15(14)10-22-11-26-19/h2-6,9-11H,7-8H2,1H3,(H,21,23)(H,24,27)(H,22,25,26). The number of halogens is 1. The van der Waals surface area contributed by atoms with Gasteiger partial charge in [-0.25, -0.2) is 19.9 Å². The molecule has 0 saturated heterocycles. The van der Waals surface area contributed by atoms with Gasteiger partial charge in [-0.15, -0.1) is 0 Å². The van der Waals surface area contributed by atoms with E-state index >= 15 is 0 Å². The number of rotatable bonds is 6. The lowest BCUT2D eigenvalue weighted by molar-refractivity contribution is 0.571. The number of nitrogens with one attached hydrogen (secondary N) is 3. The smallest absolute Gasteiger partial charge is 0.218 e. The molecule has 0 saturated carbocycles. The molecule has 0 radical (unpaired) electrons. The summed E-state index contributed by atoms with van der Waals surface area (Å²) >= 11 is 0. The molecule has 4 rings (SSSR count). The normalized spacial score (nSPS) is 10.9. The number of H-pyrrole nitrogens is 1. The quantitative estimate of drug-likeness (QED) is 0.456. The Labute approximate surface area is 155 Å². The van der Waals surface area contributed by atoms with Crippen LogP contribution in [0.15, 0.2) is 49.2 Å². The van der Waals surface area contributed by atoms with Crippen LogP contribution in [0.4, 0.5) is 16.0 Å². The molecule has 0 aliphatic carbocycles. The highest BCUT2D eigenvalue weighted by Gasteiger charge is 2.11. The first-order chi connectivity index (χ1) is 13.2. The molecule has 136 valence electrons. The van der Waals surface area contributed by atoms with E-state index in [4.69, 9.17) is 0 Å². The number of nitrogens with zero attached hydrogens (tertiary/aromatic N) is 4. The van der Waals surface area contributed by atoms with E-state index < -0.39 is 5.95 Å². The molecular weight excluding hydrogens is 345 g/mol. The Morgan fingerprint density at radius 2 is 2.04 bits per heavy atom. The van der Waals surface area contributed by atoms with Gasteiger partial charge in [-0.05, 0) is 17.7 Å². The number of aromatic amines is 1. The summed E-state index contributed by atoms with van der Waals surface area (Å²) in [4.78, 5) is 19.5. The largest absolute Gasteiger partial charge is 0.373 e. The topological polar surface area (TPSA) is 91.4 Å². The summed E-state index contributed by atoms with van der Waals surface area (Å²) in [6, 6.07) is 7.34. The lowest BCUT2D eigenvalue weighted by Crippen LogP contribution is -2.07. The van der Waals surface area contributed by atoms with Gasteiger partial charge in [0.15, 0.2) is 0 Å². The van der Waals surface area contributed by atoms with Crippen LogP contribution in [0.5, 0.6) is 0 Å². The molecule has 4 aromatic heterocycles. The van der Waals surface area contributed by atoms with E-state index in [9.17, 15) is 4.39 Å². The average Bonchev–Trinajstić information content (AvgIpc) is 3.11. The van der Waals surface area contributed by atoms with E-state index in [-0.39, 0.29) is 0 Å². The van der Waals surface area contributed by atoms with Crippen LogP contribution >= 0.6 is 0 Å². The molecule has 0 unspecified atom stereocenters. The van der Waals surface area contributed by atoms with Crippen molar-refractivity contribution in [1.82, 2.24) is 24.9 Å². The highest BCUT2D eigenvalue weighted by atomic mass is 19.1. The molecule has 0 aliphatic heterocycles. The second kappa shape index (κ2) is 7.36. The predicted octanol–water partition coefficient (Wildman–Crippen LogP) is 3.13. The second-order valence-corrected chi connectivity index (χ2v) is 6.04. The van der Waals surface area contributed by atoms with E-state index in [2.05, 4.69) is 35.6 Å². The summed E-state index contributed by atoms with van der Waals surface area (Å²) in [6.45, 7) is 0.496. The number of hydrogen-bond donors (Lipinski definition) is 3. The summed E-state index contributed by atoms with van der Waals surface area (Å²) < 4.78 is 14.5. The van der Waals surface area contributed by atoms with Gasteiger partial charge in [0.2, 0.25) is 5.95 Å². The fourth-order valence-corrected chi connectivity index (χ4v) is 2.95. The Bertz CT molecular complexity index is 1080. The van der Waals surface area contributed by atoms with E-state index in [1.165, 1.54) is 6.33 Å². The Kier molecular flexibility index (Phi) is 4.61. The number of anilines is 2. The van der Waals surface area contributed by atoms with Gasteiger partial charge < -0.3 is 15.6 Å². The molecule has 0 amide bonds. The Hall–Kier alpha value is -3.55. The van der Waals surface area contributed by atoms with Crippen LogP contribution in [0.1, 0.15) is 16.7 Å². The van der Waals surface area contributed by atoms with Crippen LogP contribution in [0, 0.1) is 5.95 Å². The van der Waals surface area contributed by atoms with Crippen molar-refractivity contribution in [3.63, 3.8) is 0 Å². The molecule has 8 heteroatoms. The van der Waals surface area contributed by atoms with Crippen molar-refractivity contribution in [3.05, 3.63) is 71.8 Å². The first-order valence-electron chi connectivity index (χ1n) is 8.51. The minimum absolute atomic E-state index is 0.416. The molecule has 0 bridgehead atoms. The molecule has 4 aromatic rings. The van der Waals surface area contributed by atoms with Crippen molar-refractivity contribution in [1.29, 1.82) is 0 Å². The lowest BCUT2D eigenvalue weighted by Gasteiger charge is -2.10. The van der Waals surface area contributed by atoms with Crippen LogP contribution in [0.25, 0.3) is 11.0 Å². The van der Waals surface area contributed by atoms with Crippen molar-refractivity contribution >= 4 is 22.7 Å². The maximum Gasteiger partial charge on any atom is 0.218 e. The fraction of sp³-hybridized carbons (Fsp3) is 0.158. The molecule has 0 aromatic carbocycles. The van der Waals surface area contributed by atoms with Crippen molar-refractivity contribution < 1.29 is 4.39 Å². The van der Waals surface area contributed by atoms with E-state index in [0.717, 1.165) is 28.0 Å². The maximum absolute atomic E-state index is 14.5. The van der Waals surface area contributed by atoms with Crippen LogP contribution in [-0.4, -0.2) is 32.0 Å². The van der Waals surface area contributed by atoms with Crippen molar-refractivity contribution in [2.75, 3.05) is 17.7 Å². The van der Waals surface area contributed by atoms with Gasteiger partial charge in [-0.2, -0.15) is 4.39 Å². The third-order valence-corrected chi connectivity index (χ3v) is 4.34. The molecule has 0 aliphatic rings. The highest BCUT2D eigenvalue weighted by Crippen LogP contribution is 2.21. The zero-order chi connectivity index (χ0) is 18.6. The molecule has 3 N–H and O–H groups in total. The van der Waals surface area contributed by atoms with E-state index in [1.807, 2.05) is 25.4 Å². The van der Waals surface area contributed by atoms with Gasteiger partial charge in [0.05, 0.1) is 0 Å². The summed E-state index contributed by atoms with van der Waals surface area (Å²) in [6.07, 6.45) is 7.17. The van der Waals surface area contributed by atoms with Crippen LogP contribution in [0.2, 0.25) is 0 Å². The Morgan fingerprint density at radius 1 is 1.11 bits per heavy atom. The molecule has 0 fully saturated rings. The van der Waals surface area contributed by atoms with Crippen molar-refractivity contribution in [2.45, 2.75) is 13.0 Å². The van der Waals surface area contributed by atoms with Crippen molar-refractivity contribution in [3.8, 4) is 0 Å². The molecule has 0 spiro atoms. The number of aromatic nitrogens is 5. The predicted molar refractivity (Wildman–Crippen MR) is 102 cm³/mol. The number of fused-ring (bicyclic) bond motifs is 1. The third kappa shape index (κ3) is 3.55. The highest BCUT2D eigenvalue weighted by molar-refractivity contribution is 5.78. The number of hydrogen-bond acceptors (Lipinski definition) is 6. The Morgan fingerprint density at radius 3 is 2.89 bits per heavy atom. The molecule has 4 heterocycles. The van der Waals surface area contributed by atoms with Crippen LogP contribution < -0.4 is 10.6 Å². The van der Waals surface area contributed by atoms with Crippen LogP contribution in [-0.2, 0) is 13.0 Å². The minimum Gasteiger partial charge on any atom is -0.373 e. The summed E-state index contributed by atoms with van der Waals surface area (Å²) in [5.41, 5.74) is 3.16. The first kappa shape index (κ1) is 16.9. The van der Waals surface area contributed by atoms with Gasteiger partial charge in [-0.3, -0.25) is 0 Å². The molecule has 7 nitrogen and oxygen atoms in total. The average molecular weight is 363 g/mol. The van der Waals surface area contributed by atoms with Gasteiger partial charge in [0, 0.05) is 55.1 Å². The first-order valence-corrected chi connectivity index (χ1v) is 8.51. The zero-order valence-corrected chi connectivity index (χ0v) is 14.7. The molecule has 0 atom stereocenters. The van der Waals surface area contributed by atoms with Crippen molar-refractivity contribution in [2.24, 2.45) is 0 Å². The second-order valence-electron chi connectivity index (χ2n) is 6.04. The monoisotopic (exact) mass is 363 g/mol. The SMILES string of the molecule is CNc1ncccc1CNc1ccc(Cc2c[nH]c3ncncc23)c(F)n1. The van der Waals surface area contributed by atoms with E-state index in [0.29, 0.717) is 24.3 Å². The molecular formula is C19H18FN7. The fourth-order valence-electron chi connectivity index (χ4n) is 2.95. The Balaban J connectivity index is 1.49. The number of pyridine rings is 2. The maximum atomic E-state index is 14.5. The van der Waals surface area contributed by atoms with Gasteiger partial charge >= 0.3 is 0 Å². The summed E-state index contributed by atoms with van der Waals surface area (Å²) in [5.74, 6) is 0.763. The molecule has 27 heavy (non-hydrogen) atoms.